The summed E-state index contributed by atoms with van der Waals surface area (Å²) < 4.78 is 5.31. The smallest absolute Gasteiger partial charge is 0.329 e. The normalized spacial score (nSPS) is 13.8. The molecule has 7 heteroatoms. The number of carbonyl (C=O) groups is 4. The summed E-state index contributed by atoms with van der Waals surface area (Å²) in [6.07, 6.45) is 1.58. The maximum Gasteiger partial charge on any atom is 0.329 e. The predicted octanol–water partition coefficient (Wildman–Crippen LogP) is 3.58. The van der Waals surface area contributed by atoms with Gasteiger partial charge in [0.2, 0.25) is 5.91 Å². The van der Waals surface area contributed by atoms with Crippen LogP contribution < -0.4 is 10.2 Å². The summed E-state index contributed by atoms with van der Waals surface area (Å²) in [5.41, 5.74) is 2.39. The zero-order valence-electron chi connectivity index (χ0n) is 19.2. The van der Waals surface area contributed by atoms with E-state index in [-0.39, 0.29) is 18.1 Å². The standard InChI is InChI=1S/C28H26N2O5/c31-25(21-13-15-23(16-14-21)30-17-7-12-26(30)32)19-35-28(34)24(18-20-8-3-1-4-9-20)29-27(33)22-10-5-2-6-11-22/h1-6,8-11,13-16,24H,7,12,17-19H2,(H,29,33). The molecule has 35 heavy (non-hydrogen) atoms. The van der Waals surface area contributed by atoms with Crippen LogP contribution in [0.25, 0.3) is 0 Å². The first kappa shape index (κ1) is 23.9. The Bertz CT molecular complexity index is 1190. The number of amides is 2. The number of hydrogen-bond donors (Lipinski definition) is 1. The molecule has 178 valence electrons. The molecule has 1 N–H and O–H groups in total. The molecule has 0 bridgehead atoms. The molecule has 1 saturated heterocycles. The van der Waals surface area contributed by atoms with Crippen LogP contribution in [0.4, 0.5) is 5.69 Å². The number of anilines is 1. The Balaban J connectivity index is 1.39. The maximum absolute atomic E-state index is 12.9. The predicted molar refractivity (Wildman–Crippen MR) is 131 cm³/mol. The van der Waals surface area contributed by atoms with E-state index < -0.39 is 24.5 Å². The van der Waals surface area contributed by atoms with Crippen LogP contribution in [0.2, 0.25) is 0 Å². The fourth-order valence-corrected chi connectivity index (χ4v) is 3.94. The molecule has 7 nitrogen and oxygen atoms in total. The second-order valence-corrected chi connectivity index (χ2v) is 8.31. The zero-order valence-corrected chi connectivity index (χ0v) is 19.2. The van der Waals surface area contributed by atoms with Gasteiger partial charge in [0.15, 0.2) is 12.4 Å². The molecule has 1 atom stereocenters. The van der Waals surface area contributed by atoms with Gasteiger partial charge in [-0.05, 0) is 48.4 Å². The largest absolute Gasteiger partial charge is 0.456 e. The van der Waals surface area contributed by atoms with Crippen LogP contribution in [0, 0.1) is 0 Å². The minimum Gasteiger partial charge on any atom is -0.456 e. The average Bonchev–Trinajstić information content (AvgIpc) is 3.33. The van der Waals surface area contributed by atoms with Crippen LogP contribution in [-0.2, 0) is 20.7 Å². The van der Waals surface area contributed by atoms with E-state index in [9.17, 15) is 19.2 Å². The first-order valence-corrected chi connectivity index (χ1v) is 11.5. The van der Waals surface area contributed by atoms with Crippen molar-refractivity contribution in [3.8, 4) is 0 Å². The summed E-state index contributed by atoms with van der Waals surface area (Å²) >= 11 is 0. The van der Waals surface area contributed by atoms with Gasteiger partial charge in [0, 0.05) is 36.2 Å². The number of ketones is 1. The molecule has 1 unspecified atom stereocenters. The van der Waals surface area contributed by atoms with Crippen molar-refractivity contribution >= 4 is 29.3 Å². The van der Waals surface area contributed by atoms with Crippen molar-refractivity contribution in [2.24, 2.45) is 0 Å². The van der Waals surface area contributed by atoms with Gasteiger partial charge in [0.25, 0.3) is 5.91 Å². The minimum atomic E-state index is -0.957. The van der Waals surface area contributed by atoms with E-state index in [4.69, 9.17) is 4.74 Å². The van der Waals surface area contributed by atoms with Crippen molar-refractivity contribution in [3.63, 3.8) is 0 Å². The van der Waals surface area contributed by atoms with Crippen LogP contribution in [0.1, 0.15) is 39.1 Å². The Labute approximate surface area is 203 Å². The van der Waals surface area contributed by atoms with Gasteiger partial charge in [-0.25, -0.2) is 4.79 Å². The summed E-state index contributed by atoms with van der Waals surface area (Å²) in [4.78, 5) is 51.8. The number of benzene rings is 3. The SMILES string of the molecule is O=C(COC(=O)C(Cc1ccccc1)NC(=O)c1ccccc1)c1ccc(N2CCCC2=O)cc1. The molecule has 0 radical (unpaired) electrons. The number of ether oxygens (including phenoxy) is 1. The Morgan fingerprint density at radius 2 is 1.51 bits per heavy atom. The molecule has 0 aliphatic carbocycles. The third-order valence-electron chi connectivity index (χ3n) is 5.83. The first-order chi connectivity index (χ1) is 17.0. The maximum atomic E-state index is 12.9. The molecule has 1 aliphatic heterocycles. The van der Waals surface area contributed by atoms with E-state index >= 15 is 0 Å². The lowest BCUT2D eigenvalue weighted by Gasteiger charge is -2.18. The Morgan fingerprint density at radius 3 is 2.14 bits per heavy atom. The van der Waals surface area contributed by atoms with Crippen molar-refractivity contribution in [3.05, 3.63) is 102 Å². The molecular formula is C28H26N2O5. The highest BCUT2D eigenvalue weighted by Crippen LogP contribution is 2.21. The summed E-state index contributed by atoms with van der Waals surface area (Å²) in [7, 11) is 0. The number of esters is 1. The van der Waals surface area contributed by atoms with Gasteiger partial charge in [0.05, 0.1) is 0 Å². The van der Waals surface area contributed by atoms with Crippen molar-refractivity contribution in [2.75, 3.05) is 18.1 Å². The number of nitrogens with zero attached hydrogens (tertiary/aromatic N) is 1. The van der Waals surface area contributed by atoms with Crippen molar-refractivity contribution in [1.82, 2.24) is 5.32 Å². The Hall–Kier alpha value is -4.26. The summed E-state index contributed by atoms with van der Waals surface area (Å²) in [6, 6.07) is 23.6. The van der Waals surface area contributed by atoms with E-state index in [2.05, 4.69) is 5.32 Å². The number of carbonyl (C=O) groups excluding carboxylic acids is 4. The van der Waals surface area contributed by atoms with Gasteiger partial charge in [0.1, 0.15) is 6.04 Å². The second-order valence-electron chi connectivity index (χ2n) is 8.31. The van der Waals surface area contributed by atoms with E-state index in [0.717, 1.165) is 17.7 Å². The van der Waals surface area contributed by atoms with Gasteiger partial charge in [-0.15, -0.1) is 0 Å². The molecular weight excluding hydrogens is 444 g/mol. The van der Waals surface area contributed by atoms with Crippen molar-refractivity contribution in [1.29, 1.82) is 0 Å². The van der Waals surface area contributed by atoms with E-state index in [1.165, 1.54) is 0 Å². The third-order valence-corrected chi connectivity index (χ3v) is 5.83. The van der Waals surface area contributed by atoms with Crippen LogP contribution >= 0.6 is 0 Å². The molecule has 0 aromatic heterocycles. The highest BCUT2D eigenvalue weighted by molar-refractivity contribution is 6.00. The lowest BCUT2D eigenvalue weighted by molar-refractivity contribution is -0.144. The Morgan fingerprint density at radius 1 is 0.857 bits per heavy atom. The van der Waals surface area contributed by atoms with Crippen LogP contribution in [0.5, 0.6) is 0 Å². The monoisotopic (exact) mass is 470 g/mol. The van der Waals surface area contributed by atoms with Crippen molar-refractivity contribution < 1.29 is 23.9 Å². The number of rotatable bonds is 9. The van der Waals surface area contributed by atoms with Gasteiger partial charge >= 0.3 is 5.97 Å². The van der Waals surface area contributed by atoms with E-state index in [1.807, 2.05) is 30.3 Å². The number of nitrogens with one attached hydrogen (secondary N) is 1. The van der Waals surface area contributed by atoms with E-state index in [0.29, 0.717) is 24.1 Å². The highest BCUT2D eigenvalue weighted by atomic mass is 16.5. The topological polar surface area (TPSA) is 92.8 Å². The second kappa shape index (κ2) is 11.2. The third kappa shape index (κ3) is 6.20. The van der Waals surface area contributed by atoms with Crippen LogP contribution in [-0.4, -0.2) is 42.8 Å². The molecule has 2 amide bonds. The molecule has 4 rings (SSSR count). The quantitative estimate of drug-likeness (QED) is 0.381. The summed E-state index contributed by atoms with van der Waals surface area (Å²) in [5.74, 6) is -1.39. The van der Waals surface area contributed by atoms with E-state index in [1.54, 1.807) is 59.5 Å². The van der Waals surface area contributed by atoms with Gasteiger partial charge in [-0.1, -0.05) is 48.5 Å². The van der Waals surface area contributed by atoms with Gasteiger partial charge < -0.3 is 15.0 Å². The molecule has 3 aromatic carbocycles. The summed E-state index contributed by atoms with van der Waals surface area (Å²) in [5, 5.41) is 2.73. The van der Waals surface area contributed by atoms with Crippen LogP contribution in [0.15, 0.2) is 84.9 Å². The molecule has 1 heterocycles. The average molecular weight is 471 g/mol. The van der Waals surface area contributed by atoms with Crippen molar-refractivity contribution in [2.45, 2.75) is 25.3 Å². The summed E-state index contributed by atoms with van der Waals surface area (Å²) in [6.45, 7) is 0.217. The molecule has 0 saturated carbocycles. The lowest BCUT2D eigenvalue weighted by Crippen LogP contribution is -2.43. The van der Waals surface area contributed by atoms with Gasteiger partial charge in [-0.2, -0.15) is 0 Å². The van der Waals surface area contributed by atoms with Gasteiger partial charge in [-0.3, -0.25) is 14.4 Å². The first-order valence-electron chi connectivity index (χ1n) is 11.5. The fraction of sp³-hybridized carbons (Fsp3) is 0.214. The molecule has 1 aliphatic rings. The number of Topliss-reactive ketones (excluding diaryl/α,β-unsaturated/α-hetero) is 1. The fourth-order valence-electron chi connectivity index (χ4n) is 3.94. The Kier molecular flexibility index (Phi) is 7.67. The minimum absolute atomic E-state index is 0.0695. The highest BCUT2D eigenvalue weighted by Gasteiger charge is 2.25. The van der Waals surface area contributed by atoms with Crippen LogP contribution in [0.3, 0.4) is 0 Å². The molecule has 0 spiro atoms. The number of hydrogen-bond acceptors (Lipinski definition) is 5. The zero-order chi connectivity index (χ0) is 24.6. The lowest BCUT2D eigenvalue weighted by atomic mass is 10.1. The molecule has 1 fully saturated rings. The molecule has 3 aromatic rings.